The Balaban J connectivity index is 2.61. The number of methoxy groups -OCH3 is 1. The molecule has 1 N–H and O–H groups in total. The normalized spacial score (nSPS) is 17.4. The molecule has 1 heterocycles. The first-order chi connectivity index (χ1) is 7.56. The van der Waals surface area contributed by atoms with Gasteiger partial charge in [0.15, 0.2) is 0 Å². The molecule has 1 saturated heterocycles. The Morgan fingerprint density at radius 3 is 2.38 bits per heavy atom. The zero-order valence-corrected chi connectivity index (χ0v) is 10.5. The van der Waals surface area contributed by atoms with E-state index in [2.05, 4.69) is 35.4 Å². The third-order valence-electron chi connectivity index (χ3n) is 3.00. The average Bonchev–Trinajstić information content (AvgIpc) is 2.77. The summed E-state index contributed by atoms with van der Waals surface area (Å²) < 4.78 is 4.63. The Bertz CT molecular complexity index is 258. The highest BCUT2D eigenvalue weighted by molar-refractivity contribution is 5.67. The van der Waals surface area contributed by atoms with Crippen molar-refractivity contribution < 1.29 is 9.53 Å². The fraction of sp³-hybridized carbons (Fsp3) is 0.750. The van der Waals surface area contributed by atoms with E-state index in [1.54, 1.807) is 0 Å². The van der Waals surface area contributed by atoms with Crippen molar-refractivity contribution >= 4 is 6.09 Å². The van der Waals surface area contributed by atoms with E-state index in [4.69, 9.17) is 0 Å². The van der Waals surface area contributed by atoms with Gasteiger partial charge in [0, 0.05) is 18.8 Å². The van der Waals surface area contributed by atoms with Gasteiger partial charge in [-0.15, -0.1) is 0 Å². The van der Waals surface area contributed by atoms with E-state index in [1.807, 2.05) is 0 Å². The van der Waals surface area contributed by atoms with Crippen LogP contribution in [-0.2, 0) is 4.74 Å². The highest BCUT2D eigenvalue weighted by Gasteiger charge is 2.25. The number of rotatable bonds is 4. The summed E-state index contributed by atoms with van der Waals surface area (Å²) in [5.41, 5.74) is 0.998. The maximum Gasteiger partial charge on any atom is 0.407 e. The van der Waals surface area contributed by atoms with Crippen molar-refractivity contribution in [3.8, 4) is 0 Å². The lowest BCUT2D eigenvalue weighted by molar-refractivity contribution is 0.162. The Hall–Kier alpha value is -1.19. The van der Waals surface area contributed by atoms with E-state index in [9.17, 15) is 4.79 Å². The molecule has 0 bridgehead atoms. The Morgan fingerprint density at radius 1 is 1.38 bits per heavy atom. The van der Waals surface area contributed by atoms with Crippen LogP contribution in [0.5, 0.6) is 0 Å². The van der Waals surface area contributed by atoms with Gasteiger partial charge in [-0.3, -0.25) is 0 Å². The molecule has 92 valence electrons. The van der Waals surface area contributed by atoms with Gasteiger partial charge < -0.3 is 15.0 Å². The lowest BCUT2D eigenvalue weighted by Crippen LogP contribution is -2.44. The van der Waals surface area contributed by atoms with E-state index in [1.165, 1.54) is 20.0 Å². The van der Waals surface area contributed by atoms with Gasteiger partial charge in [0.2, 0.25) is 0 Å². The highest BCUT2D eigenvalue weighted by atomic mass is 16.5. The van der Waals surface area contributed by atoms with Crippen LogP contribution in [0.1, 0.15) is 26.7 Å². The van der Waals surface area contributed by atoms with Gasteiger partial charge in [0.25, 0.3) is 0 Å². The van der Waals surface area contributed by atoms with Crippen molar-refractivity contribution in [2.75, 3.05) is 20.2 Å². The number of carbonyl (C=O) groups excluding carboxylic acids is 1. The summed E-state index contributed by atoms with van der Waals surface area (Å²) in [5.74, 6) is 0.312. The molecule has 4 nitrogen and oxygen atoms in total. The lowest BCUT2D eigenvalue weighted by Gasteiger charge is -2.30. The predicted octanol–water partition coefficient (Wildman–Crippen LogP) is 1.98. The molecule has 1 atom stereocenters. The van der Waals surface area contributed by atoms with E-state index < -0.39 is 0 Å². The topological polar surface area (TPSA) is 41.6 Å². The number of carbonyl (C=O) groups is 1. The quantitative estimate of drug-likeness (QED) is 0.797. The molecule has 0 aromatic rings. The Labute approximate surface area is 97.6 Å². The van der Waals surface area contributed by atoms with Gasteiger partial charge in [-0.2, -0.15) is 0 Å². The first kappa shape index (κ1) is 12.9. The summed E-state index contributed by atoms with van der Waals surface area (Å²) in [7, 11) is 1.38. The van der Waals surface area contributed by atoms with Crippen LogP contribution in [0.4, 0.5) is 4.79 Å². The average molecular weight is 226 g/mol. The molecule has 1 unspecified atom stereocenters. The van der Waals surface area contributed by atoms with E-state index >= 15 is 0 Å². The molecule has 0 aromatic carbocycles. The zero-order chi connectivity index (χ0) is 12.1. The van der Waals surface area contributed by atoms with Gasteiger partial charge in [0.05, 0.1) is 13.2 Å². The molecule has 0 aliphatic carbocycles. The van der Waals surface area contributed by atoms with E-state index in [0.717, 1.165) is 18.8 Å². The summed E-state index contributed by atoms with van der Waals surface area (Å²) >= 11 is 0. The summed E-state index contributed by atoms with van der Waals surface area (Å²) in [6, 6.07) is -0.0365. The van der Waals surface area contributed by atoms with Crippen LogP contribution in [0.2, 0.25) is 0 Å². The number of nitrogens with one attached hydrogen (secondary N) is 1. The second-order valence-corrected chi connectivity index (χ2v) is 4.54. The van der Waals surface area contributed by atoms with Gasteiger partial charge in [-0.05, 0) is 18.8 Å². The molecular formula is C12H22N2O2. The number of alkyl carbamates (subject to hydrolysis) is 1. The molecule has 16 heavy (non-hydrogen) atoms. The van der Waals surface area contributed by atoms with Crippen LogP contribution in [0.25, 0.3) is 0 Å². The first-order valence-corrected chi connectivity index (χ1v) is 5.84. The van der Waals surface area contributed by atoms with Gasteiger partial charge >= 0.3 is 6.09 Å². The highest BCUT2D eigenvalue weighted by Crippen LogP contribution is 2.20. The summed E-state index contributed by atoms with van der Waals surface area (Å²) in [5, 5.41) is 2.84. The molecule has 0 aromatic heterocycles. The van der Waals surface area contributed by atoms with Crippen LogP contribution >= 0.6 is 0 Å². The molecule has 1 aliphatic heterocycles. The molecule has 1 amide bonds. The van der Waals surface area contributed by atoms with Crippen molar-refractivity contribution in [1.82, 2.24) is 10.2 Å². The second kappa shape index (κ2) is 5.77. The standard InChI is InChI=1S/C12H22N2O2/c1-9(2)11(13-12(15)16-4)10(3)14-7-5-6-8-14/h9,11H,3,5-8H2,1-2,4H3,(H,13,15). The fourth-order valence-electron chi connectivity index (χ4n) is 2.02. The summed E-state index contributed by atoms with van der Waals surface area (Å²) in [4.78, 5) is 13.5. The second-order valence-electron chi connectivity index (χ2n) is 4.54. The van der Waals surface area contributed by atoms with Crippen molar-refractivity contribution in [2.45, 2.75) is 32.7 Å². The number of likely N-dealkylation sites (tertiary alicyclic amines) is 1. The fourth-order valence-corrected chi connectivity index (χ4v) is 2.02. The monoisotopic (exact) mass is 226 g/mol. The van der Waals surface area contributed by atoms with E-state index in [-0.39, 0.29) is 12.1 Å². The molecule has 1 rings (SSSR count). The molecule has 1 fully saturated rings. The third kappa shape index (κ3) is 3.15. The van der Waals surface area contributed by atoms with Crippen LogP contribution in [-0.4, -0.2) is 37.2 Å². The van der Waals surface area contributed by atoms with Crippen LogP contribution in [0, 0.1) is 5.92 Å². The zero-order valence-electron chi connectivity index (χ0n) is 10.5. The Kier molecular flexibility index (Phi) is 4.65. The molecule has 0 saturated carbocycles. The number of ether oxygens (including phenoxy) is 1. The molecule has 0 spiro atoms. The van der Waals surface area contributed by atoms with Crippen molar-refractivity contribution in [3.63, 3.8) is 0 Å². The molecule has 4 heteroatoms. The largest absolute Gasteiger partial charge is 0.453 e. The number of hydrogen-bond acceptors (Lipinski definition) is 3. The smallest absolute Gasteiger partial charge is 0.407 e. The minimum absolute atomic E-state index is 0.0365. The minimum Gasteiger partial charge on any atom is -0.453 e. The molecule has 1 aliphatic rings. The van der Waals surface area contributed by atoms with Crippen molar-refractivity contribution in [3.05, 3.63) is 12.3 Å². The maximum absolute atomic E-state index is 11.3. The predicted molar refractivity (Wildman–Crippen MR) is 64.1 cm³/mol. The first-order valence-electron chi connectivity index (χ1n) is 5.84. The minimum atomic E-state index is -0.390. The maximum atomic E-state index is 11.3. The molecular weight excluding hydrogens is 204 g/mol. The number of hydrogen-bond donors (Lipinski definition) is 1. The van der Waals surface area contributed by atoms with Crippen molar-refractivity contribution in [2.24, 2.45) is 5.92 Å². The van der Waals surface area contributed by atoms with Gasteiger partial charge in [-0.1, -0.05) is 20.4 Å². The Morgan fingerprint density at radius 2 is 1.94 bits per heavy atom. The van der Waals surface area contributed by atoms with Crippen LogP contribution in [0.15, 0.2) is 12.3 Å². The number of nitrogens with zero attached hydrogens (tertiary/aromatic N) is 1. The van der Waals surface area contributed by atoms with E-state index in [0.29, 0.717) is 5.92 Å². The van der Waals surface area contributed by atoms with Crippen LogP contribution < -0.4 is 5.32 Å². The lowest BCUT2D eigenvalue weighted by atomic mass is 10.0. The summed E-state index contributed by atoms with van der Waals surface area (Å²) in [6.45, 7) is 10.3. The van der Waals surface area contributed by atoms with Gasteiger partial charge in [0.1, 0.15) is 0 Å². The molecule has 0 radical (unpaired) electrons. The van der Waals surface area contributed by atoms with Gasteiger partial charge in [-0.25, -0.2) is 4.79 Å². The van der Waals surface area contributed by atoms with Crippen LogP contribution in [0.3, 0.4) is 0 Å². The summed E-state index contributed by atoms with van der Waals surface area (Å²) in [6.07, 6.45) is 2.03. The van der Waals surface area contributed by atoms with Crippen molar-refractivity contribution in [1.29, 1.82) is 0 Å². The SMILES string of the molecule is C=C(C(NC(=O)OC)C(C)C)N1CCCC1. The third-order valence-corrected chi connectivity index (χ3v) is 3.00. The number of amides is 1.